The predicted octanol–water partition coefficient (Wildman–Crippen LogP) is 0.150. The predicted molar refractivity (Wildman–Crippen MR) is 62.3 cm³/mol. The third-order valence-corrected chi connectivity index (χ3v) is 3.83. The zero-order valence-corrected chi connectivity index (χ0v) is 10.5. The van der Waals surface area contributed by atoms with Gasteiger partial charge in [0.05, 0.1) is 6.54 Å². The van der Waals surface area contributed by atoms with Gasteiger partial charge in [0.2, 0.25) is 11.8 Å². The lowest BCUT2D eigenvalue weighted by atomic mass is 9.81. The van der Waals surface area contributed by atoms with Crippen molar-refractivity contribution in [1.29, 1.82) is 0 Å². The van der Waals surface area contributed by atoms with Gasteiger partial charge in [0.15, 0.2) is 0 Å². The molecule has 0 aromatic carbocycles. The van der Waals surface area contributed by atoms with E-state index in [0.717, 1.165) is 26.1 Å². The Bertz CT molecular complexity index is 324. The summed E-state index contributed by atoms with van der Waals surface area (Å²) in [6.45, 7) is 6.24. The van der Waals surface area contributed by atoms with Gasteiger partial charge in [0.1, 0.15) is 6.04 Å². The molecule has 5 heteroatoms. The van der Waals surface area contributed by atoms with Crippen molar-refractivity contribution in [3.63, 3.8) is 0 Å². The molecular formula is C12H20N2O3. The summed E-state index contributed by atoms with van der Waals surface area (Å²) >= 11 is 0. The van der Waals surface area contributed by atoms with Crippen LogP contribution in [0.25, 0.3) is 0 Å². The zero-order chi connectivity index (χ0) is 12.5. The van der Waals surface area contributed by atoms with Gasteiger partial charge in [-0.15, -0.1) is 0 Å². The Hall–Kier alpha value is -1.10. The first-order chi connectivity index (χ1) is 8.02. The molecule has 0 aromatic rings. The van der Waals surface area contributed by atoms with E-state index in [0.29, 0.717) is 6.54 Å². The van der Waals surface area contributed by atoms with Gasteiger partial charge in [0, 0.05) is 19.8 Å². The molecule has 96 valence electrons. The molecule has 0 spiro atoms. The molecule has 0 saturated carbocycles. The van der Waals surface area contributed by atoms with Crippen LogP contribution in [0, 0.1) is 5.41 Å². The summed E-state index contributed by atoms with van der Waals surface area (Å²) in [5.74, 6) is -0.0370. The van der Waals surface area contributed by atoms with Gasteiger partial charge < -0.3 is 15.0 Å². The van der Waals surface area contributed by atoms with Crippen molar-refractivity contribution in [1.82, 2.24) is 10.2 Å². The summed E-state index contributed by atoms with van der Waals surface area (Å²) in [4.78, 5) is 25.1. The van der Waals surface area contributed by atoms with Gasteiger partial charge in [-0.25, -0.2) is 0 Å². The molecule has 0 radical (unpaired) electrons. The lowest BCUT2D eigenvalue weighted by molar-refractivity contribution is -0.147. The first-order valence-corrected chi connectivity index (χ1v) is 6.17. The number of hydrogen-bond donors (Lipinski definition) is 1. The molecule has 2 aliphatic rings. The molecule has 2 aliphatic heterocycles. The van der Waals surface area contributed by atoms with Crippen LogP contribution < -0.4 is 5.32 Å². The topological polar surface area (TPSA) is 58.6 Å². The van der Waals surface area contributed by atoms with Crippen LogP contribution in [-0.2, 0) is 14.3 Å². The number of nitrogens with one attached hydrogen (secondary N) is 1. The van der Waals surface area contributed by atoms with Crippen molar-refractivity contribution in [2.75, 3.05) is 26.3 Å². The fraction of sp³-hybridized carbons (Fsp3) is 0.833. The molecule has 2 fully saturated rings. The first-order valence-electron chi connectivity index (χ1n) is 6.17. The SMILES string of the molecule is CC1C(=O)NCC(=O)N1CC1(C)CCOCC1. The number of carbonyl (C=O) groups excluding carboxylic acids is 2. The maximum absolute atomic E-state index is 11.8. The Morgan fingerprint density at radius 3 is 2.71 bits per heavy atom. The number of nitrogens with zero attached hydrogens (tertiary/aromatic N) is 1. The smallest absolute Gasteiger partial charge is 0.242 e. The highest BCUT2D eigenvalue weighted by atomic mass is 16.5. The van der Waals surface area contributed by atoms with Gasteiger partial charge in [-0.05, 0) is 25.2 Å². The Balaban J connectivity index is 2.04. The van der Waals surface area contributed by atoms with Crippen molar-refractivity contribution < 1.29 is 14.3 Å². The minimum atomic E-state index is -0.351. The number of amides is 2. The molecule has 1 N–H and O–H groups in total. The number of carbonyl (C=O) groups is 2. The highest BCUT2D eigenvalue weighted by molar-refractivity contribution is 5.94. The Labute approximate surface area is 101 Å². The van der Waals surface area contributed by atoms with Crippen LogP contribution in [-0.4, -0.2) is 49.1 Å². The van der Waals surface area contributed by atoms with E-state index in [1.165, 1.54) is 0 Å². The molecule has 1 unspecified atom stereocenters. The molecule has 2 amide bonds. The standard InChI is InChI=1S/C12H20N2O3/c1-9-11(16)13-7-10(15)14(9)8-12(2)3-5-17-6-4-12/h9H,3-8H2,1-2H3,(H,13,16). The number of ether oxygens (including phenoxy) is 1. The summed E-state index contributed by atoms with van der Waals surface area (Å²) in [6.07, 6.45) is 1.90. The lowest BCUT2D eigenvalue weighted by Gasteiger charge is -2.41. The second-order valence-electron chi connectivity index (χ2n) is 5.34. The number of hydrogen-bond acceptors (Lipinski definition) is 3. The van der Waals surface area contributed by atoms with Crippen LogP contribution in [0.4, 0.5) is 0 Å². The molecule has 1 atom stereocenters. The van der Waals surface area contributed by atoms with Crippen LogP contribution in [0.15, 0.2) is 0 Å². The largest absolute Gasteiger partial charge is 0.381 e. The van der Waals surface area contributed by atoms with E-state index in [9.17, 15) is 9.59 Å². The summed E-state index contributed by atoms with van der Waals surface area (Å²) in [7, 11) is 0. The van der Waals surface area contributed by atoms with E-state index < -0.39 is 0 Å². The van der Waals surface area contributed by atoms with Crippen molar-refractivity contribution in [2.24, 2.45) is 5.41 Å². The normalized spacial score (nSPS) is 29.1. The summed E-state index contributed by atoms with van der Waals surface area (Å²) < 4.78 is 5.35. The van der Waals surface area contributed by atoms with E-state index in [4.69, 9.17) is 4.74 Å². The minimum Gasteiger partial charge on any atom is -0.381 e. The maximum Gasteiger partial charge on any atom is 0.242 e. The van der Waals surface area contributed by atoms with Crippen molar-refractivity contribution in [3.8, 4) is 0 Å². The summed E-state index contributed by atoms with van der Waals surface area (Å²) in [5, 5.41) is 2.61. The van der Waals surface area contributed by atoms with E-state index in [1.54, 1.807) is 11.8 Å². The summed E-state index contributed by atoms with van der Waals surface area (Å²) in [5.41, 5.74) is 0.0831. The molecule has 17 heavy (non-hydrogen) atoms. The highest BCUT2D eigenvalue weighted by Gasteiger charge is 2.37. The Morgan fingerprint density at radius 2 is 2.06 bits per heavy atom. The maximum atomic E-state index is 11.8. The fourth-order valence-corrected chi connectivity index (χ4v) is 2.43. The lowest BCUT2D eigenvalue weighted by Crippen LogP contribution is -2.59. The van der Waals surface area contributed by atoms with Gasteiger partial charge in [0.25, 0.3) is 0 Å². The van der Waals surface area contributed by atoms with Crippen molar-refractivity contribution in [3.05, 3.63) is 0 Å². The van der Waals surface area contributed by atoms with Gasteiger partial charge in [-0.1, -0.05) is 6.92 Å². The monoisotopic (exact) mass is 240 g/mol. The summed E-state index contributed by atoms with van der Waals surface area (Å²) in [6, 6.07) is -0.351. The zero-order valence-electron chi connectivity index (χ0n) is 10.5. The van der Waals surface area contributed by atoms with Crippen LogP contribution in [0.2, 0.25) is 0 Å². The second kappa shape index (κ2) is 4.64. The first kappa shape index (κ1) is 12.4. The Morgan fingerprint density at radius 1 is 1.41 bits per heavy atom. The van der Waals surface area contributed by atoms with Gasteiger partial charge >= 0.3 is 0 Å². The van der Waals surface area contributed by atoms with Crippen LogP contribution in [0.1, 0.15) is 26.7 Å². The average molecular weight is 240 g/mol. The number of piperazine rings is 1. The molecule has 2 rings (SSSR count). The van der Waals surface area contributed by atoms with Crippen LogP contribution >= 0.6 is 0 Å². The third-order valence-electron chi connectivity index (χ3n) is 3.83. The molecule has 0 aliphatic carbocycles. The van der Waals surface area contributed by atoms with E-state index >= 15 is 0 Å². The quantitative estimate of drug-likeness (QED) is 0.747. The van der Waals surface area contributed by atoms with Gasteiger partial charge in [-0.2, -0.15) is 0 Å². The van der Waals surface area contributed by atoms with Crippen LogP contribution in [0.5, 0.6) is 0 Å². The van der Waals surface area contributed by atoms with Crippen molar-refractivity contribution in [2.45, 2.75) is 32.7 Å². The molecule has 2 saturated heterocycles. The molecule has 5 nitrogen and oxygen atoms in total. The minimum absolute atomic E-state index is 0.0183. The van der Waals surface area contributed by atoms with Gasteiger partial charge in [-0.3, -0.25) is 9.59 Å². The average Bonchev–Trinajstić information content (AvgIpc) is 2.31. The molecular weight excluding hydrogens is 220 g/mol. The molecule has 0 bridgehead atoms. The third kappa shape index (κ3) is 2.60. The second-order valence-corrected chi connectivity index (χ2v) is 5.34. The molecule has 2 heterocycles. The highest BCUT2D eigenvalue weighted by Crippen LogP contribution is 2.31. The van der Waals surface area contributed by atoms with E-state index in [1.807, 2.05) is 0 Å². The number of rotatable bonds is 2. The Kier molecular flexibility index (Phi) is 3.38. The van der Waals surface area contributed by atoms with Crippen LogP contribution in [0.3, 0.4) is 0 Å². The van der Waals surface area contributed by atoms with E-state index in [-0.39, 0.29) is 29.8 Å². The van der Waals surface area contributed by atoms with Crippen molar-refractivity contribution >= 4 is 11.8 Å². The molecule has 0 aromatic heterocycles. The van der Waals surface area contributed by atoms with E-state index in [2.05, 4.69) is 12.2 Å². The fourth-order valence-electron chi connectivity index (χ4n) is 2.43.